The summed E-state index contributed by atoms with van der Waals surface area (Å²) in [6.45, 7) is 0. The second-order valence-corrected chi connectivity index (χ2v) is 21.0. The van der Waals surface area contributed by atoms with Crippen LogP contribution < -0.4 is 18.9 Å². The smallest absolute Gasteiger partial charge is 0.157 e. The van der Waals surface area contributed by atoms with Crippen molar-refractivity contribution in [1.82, 2.24) is 0 Å². The van der Waals surface area contributed by atoms with Gasteiger partial charge in [0.15, 0.2) is 64.3 Å². The molecule has 24 heteroatoms. The largest absolute Gasteiger partial charge is 0.508 e. The first-order valence-corrected chi connectivity index (χ1v) is 25.7. The number of rotatable bonds is 7. The zero-order chi connectivity index (χ0) is 59.8. The Morgan fingerprint density at radius 2 is 0.643 bits per heavy atom. The predicted molar refractivity (Wildman–Crippen MR) is 285 cm³/mol. The average molecular weight is 1160 g/mol. The Hall–Kier alpha value is -10.4. The molecule has 0 spiro atoms. The molecule has 4 aliphatic rings. The van der Waals surface area contributed by atoms with E-state index in [0.717, 1.165) is 78.9 Å². The third-order valence-electron chi connectivity index (χ3n) is 16.0. The van der Waals surface area contributed by atoms with Crippen LogP contribution in [0, 0.1) is 0 Å². The van der Waals surface area contributed by atoms with Gasteiger partial charge in [-0.15, -0.1) is 0 Å². The first-order chi connectivity index (χ1) is 39.9. The van der Waals surface area contributed by atoms with Crippen molar-refractivity contribution in [2.75, 3.05) is 0 Å². The molecule has 0 unspecified atom stereocenters. The zero-order valence-corrected chi connectivity index (χ0v) is 43.0. The summed E-state index contributed by atoms with van der Waals surface area (Å²) in [7, 11) is 0. The van der Waals surface area contributed by atoms with Crippen LogP contribution in [-0.4, -0.2) is 127 Å². The van der Waals surface area contributed by atoms with Crippen molar-refractivity contribution in [2.45, 2.75) is 73.0 Å². The van der Waals surface area contributed by atoms with E-state index in [2.05, 4.69) is 0 Å². The number of fused-ring (bicyclic) bond motifs is 4. The van der Waals surface area contributed by atoms with E-state index in [-0.39, 0.29) is 39.1 Å². The molecular weight excluding hydrogens is 1100 g/mol. The van der Waals surface area contributed by atoms with Crippen LogP contribution in [0.15, 0.2) is 103 Å². The van der Waals surface area contributed by atoms with E-state index in [0.29, 0.717) is 0 Å². The summed E-state index contributed by atoms with van der Waals surface area (Å²) in [5.74, 6) is -19.0. The first-order valence-electron chi connectivity index (χ1n) is 25.7. The topological polar surface area (TPSA) is 442 Å². The zero-order valence-electron chi connectivity index (χ0n) is 43.0. The van der Waals surface area contributed by atoms with Gasteiger partial charge in [-0.3, -0.25) is 0 Å². The quantitative estimate of drug-likeness (QED) is 0.0827. The molecule has 4 heterocycles. The van der Waals surface area contributed by atoms with E-state index >= 15 is 0 Å². The minimum Gasteiger partial charge on any atom is -0.508 e. The first kappa shape index (κ1) is 54.2. The number of phenolic OH excluding ortho intramolecular Hbond substituents is 16. The van der Waals surface area contributed by atoms with Crippen molar-refractivity contribution >= 4 is 0 Å². The van der Waals surface area contributed by atoms with E-state index in [1.165, 1.54) is 24.3 Å². The molecule has 0 radical (unpaired) electrons. The monoisotopic (exact) mass is 1150 g/mol. The Morgan fingerprint density at radius 1 is 0.286 bits per heavy atom. The number of aromatic hydroxyl groups is 16. The third kappa shape index (κ3) is 8.44. The van der Waals surface area contributed by atoms with Crippen molar-refractivity contribution in [3.8, 4) is 115 Å². The van der Waals surface area contributed by atoms with Gasteiger partial charge in [-0.25, -0.2) is 0 Å². The molecule has 0 fully saturated rings. The maximum atomic E-state index is 13.1. The Kier molecular flexibility index (Phi) is 12.7. The van der Waals surface area contributed by atoms with Gasteiger partial charge < -0.3 is 121 Å². The molecule has 11 atom stereocenters. The normalized spacial score (nSPS) is 24.0. The summed E-state index contributed by atoms with van der Waals surface area (Å²) in [5, 5.41) is 229. The number of phenols is 16. The van der Waals surface area contributed by atoms with Gasteiger partial charge in [-0.2, -0.15) is 0 Å². The maximum Gasteiger partial charge on any atom is 0.157 e. The van der Waals surface area contributed by atoms with Crippen molar-refractivity contribution in [1.29, 1.82) is 0 Å². The van der Waals surface area contributed by atoms with Gasteiger partial charge in [-0.05, 0) is 70.8 Å². The molecular formula is C60H50O24. The summed E-state index contributed by atoms with van der Waals surface area (Å²) in [5.41, 5.74) is -3.30. The summed E-state index contributed by atoms with van der Waals surface area (Å²) in [6.07, 6.45) is -14.7. The molecule has 0 saturated carbocycles. The third-order valence-corrected chi connectivity index (χ3v) is 16.0. The second kappa shape index (κ2) is 19.7. The van der Waals surface area contributed by atoms with E-state index in [1.807, 2.05) is 0 Å². The van der Waals surface area contributed by atoms with Crippen LogP contribution in [0.5, 0.6) is 115 Å². The van der Waals surface area contributed by atoms with Gasteiger partial charge >= 0.3 is 0 Å². The lowest BCUT2D eigenvalue weighted by Gasteiger charge is -2.43. The van der Waals surface area contributed by atoms with Gasteiger partial charge in [0.1, 0.15) is 93.4 Å². The molecule has 84 heavy (non-hydrogen) atoms. The maximum absolute atomic E-state index is 13.1. The lowest BCUT2D eigenvalue weighted by molar-refractivity contribution is -0.00597. The SMILES string of the molecule is Oc1cc(O)c2c(c1)O[C@H](c1ccc(O)c(O)c1)[C@H](O)[C@H]2c1c(O)cc2c(c1O)[C@H](c1c(O)cc(O)c3c1O[C@H](c1ccc(O)c(O)c1)[C@H](O)[C@H]3c1c(O)cc(O)c3c1O[C@H](c1ccc(O)c(O)c1)[C@H](O)C3)[C@@H](O)[C@@H](c1ccc(O)c(O)c1)O2. The predicted octanol–water partition coefficient (Wildman–Crippen LogP) is 5.89. The Labute approximate surface area is 472 Å². The van der Waals surface area contributed by atoms with E-state index < -0.39 is 210 Å². The second-order valence-electron chi connectivity index (χ2n) is 21.0. The number of aliphatic hydroxyl groups excluding tert-OH is 4. The molecule has 434 valence electrons. The average Bonchev–Trinajstić information content (AvgIpc) is 1.08. The summed E-state index contributed by atoms with van der Waals surface area (Å²) < 4.78 is 25.5. The minimum absolute atomic E-state index is 0.00596. The van der Waals surface area contributed by atoms with E-state index in [1.54, 1.807) is 0 Å². The van der Waals surface area contributed by atoms with Gasteiger partial charge in [0.25, 0.3) is 0 Å². The molecule has 0 aliphatic carbocycles. The van der Waals surface area contributed by atoms with Crippen LogP contribution in [0.25, 0.3) is 0 Å². The number of benzene rings is 8. The minimum atomic E-state index is -2.15. The Morgan fingerprint density at radius 3 is 1.11 bits per heavy atom. The highest BCUT2D eigenvalue weighted by Crippen LogP contribution is 2.64. The highest BCUT2D eigenvalue weighted by atomic mass is 16.5. The molecule has 0 saturated heterocycles. The van der Waals surface area contributed by atoms with Crippen molar-refractivity contribution in [3.05, 3.63) is 164 Å². The summed E-state index contributed by atoms with van der Waals surface area (Å²) in [4.78, 5) is 0. The highest BCUT2D eigenvalue weighted by molar-refractivity contribution is 5.73. The Bertz CT molecular complexity index is 4030. The Balaban J connectivity index is 1.13. The van der Waals surface area contributed by atoms with Gasteiger partial charge in [0.2, 0.25) is 0 Å². The number of ether oxygens (including phenoxy) is 4. The van der Waals surface area contributed by atoms with Gasteiger partial charge in [0.05, 0.1) is 23.9 Å². The molecule has 12 rings (SSSR count). The molecule has 0 amide bonds. The van der Waals surface area contributed by atoms with Crippen molar-refractivity contribution in [3.63, 3.8) is 0 Å². The van der Waals surface area contributed by atoms with Crippen LogP contribution in [0.3, 0.4) is 0 Å². The van der Waals surface area contributed by atoms with Gasteiger partial charge in [0, 0.05) is 75.7 Å². The highest BCUT2D eigenvalue weighted by Gasteiger charge is 2.53. The number of hydrogen-bond acceptors (Lipinski definition) is 24. The molecule has 0 bridgehead atoms. The van der Waals surface area contributed by atoms with E-state index in [9.17, 15) is 102 Å². The summed E-state index contributed by atoms with van der Waals surface area (Å²) in [6, 6.07) is 17.9. The van der Waals surface area contributed by atoms with Crippen LogP contribution >= 0.6 is 0 Å². The standard InChI is InChI=1S/C60H50O24/c61-23-13-34(71)42-40(14-23)81-56(20-2-6-26(63)31(68)10-20)52(78)48(42)43-38(75)18-41-47(51(43)77)50(54(80)57(82-41)21-3-7-27(64)32(69)11-21)46-37(74)17-36(73)45-49(53(79)58(84-60(45)46)22-4-8-28(65)33(70)12-22)44-35(72)16-29(66)24-15-39(76)55(83-59(24)44)19-1-5-25(62)30(67)9-19/h1-14,16-18,39,48-50,52-58,61-80H,15H2/t39-,48-,49+,50+,52-,53-,54-,55-,56-,57-,58-/m1/s1. The van der Waals surface area contributed by atoms with Gasteiger partial charge in [-0.1, -0.05) is 24.3 Å². The molecule has 20 N–H and O–H groups in total. The fourth-order valence-corrected chi connectivity index (χ4v) is 12.2. The van der Waals surface area contributed by atoms with Crippen LogP contribution in [-0.2, 0) is 6.42 Å². The van der Waals surface area contributed by atoms with Crippen molar-refractivity contribution < 1.29 is 121 Å². The molecule has 0 aromatic heterocycles. The molecule has 8 aromatic rings. The fourth-order valence-electron chi connectivity index (χ4n) is 12.2. The fraction of sp³-hybridized carbons (Fsp3) is 0.200. The van der Waals surface area contributed by atoms with Crippen LogP contribution in [0.1, 0.15) is 103 Å². The van der Waals surface area contributed by atoms with Crippen molar-refractivity contribution in [2.24, 2.45) is 0 Å². The lowest BCUT2D eigenvalue weighted by Crippen LogP contribution is -2.39. The molecule has 24 nitrogen and oxygen atoms in total. The lowest BCUT2D eigenvalue weighted by atomic mass is 9.72. The number of hydrogen-bond donors (Lipinski definition) is 20. The summed E-state index contributed by atoms with van der Waals surface area (Å²) >= 11 is 0. The number of aliphatic hydroxyl groups is 4. The molecule has 4 aliphatic heterocycles. The van der Waals surface area contributed by atoms with Crippen LogP contribution in [0.4, 0.5) is 0 Å². The van der Waals surface area contributed by atoms with Crippen LogP contribution in [0.2, 0.25) is 0 Å². The van der Waals surface area contributed by atoms with E-state index in [4.69, 9.17) is 18.9 Å². The molecule has 8 aromatic carbocycles.